The maximum Gasteiger partial charge on any atom is 0.254 e. The van der Waals surface area contributed by atoms with Crippen LogP contribution in [0.5, 0.6) is 17.2 Å². The summed E-state index contributed by atoms with van der Waals surface area (Å²) in [5.74, 6) is 2.34. The molecule has 2 heterocycles. The van der Waals surface area contributed by atoms with Crippen molar-refractivity contribution in [2.75, 3.05) is 51.9 Å². The maximum absolute atomic E-state index is 13.4. The van der Waals surface area contributed by atoms with Crippen LogP contribution in [0.25, 0.3) is 22.2 Å². The van der Waals surface area contributed by atoms with Gasteiger partial charge < -0.3 is 24.0 Å². The van der Waals surface area contributed by atoms with Gasteiger partial charge in [0.15, 0.2) is 0 Å². The molecule has 0 N–H and O–H groups in total. The number of amides is 1. The van der Waals surface area contributed by atoms with Crippen molar-refractivity contribution < 1.29 is 19.0 Å². The molecule has 0 spiro atoms. The maximum atomic E-state index is 13.4. The van der Waals surface area contributed by atoms with E-state index in [0.29, 0.717) is 31.0 Å². The number of hydrogen-bond acceptors (Lipinski definition) is 6. The smallest absolute Gasteiger partial charge is 0.254 e. The van der Waals surface area contributed by atoms with Crippen LogP contribution in [0.3, 0.4) is 0 Å². The summed E-state index contributed by atoms with van der Waals surface area (Å²) in [4.78, 5) is 22.5. The zero-order valence-corrected chi connectivity index (χ0v) is 21.4. The van der Waals surface area contributed by atoms with Crippen LogP contribution in [0.4, 0.5) is 5.69 Å². The van der Waals surface area contributed by atoms with E-state index in [9.17, 15) is 4.79 Å². The fourth-order valence-electron chi connectivity index (χ4n) is 4.68. The Labute approximate surface area is 217 Å². The minimum Gasteiger partial charge on any atom is -0.497 e. The Bertz CT molecular complexity index is 1400. The number of carbonyl (C=O) groups excluding carboxylic acids is 1. The third-order valence-electron chi connectivity index (χ3n) is 6.69. The van der Waals surface area contributed by atoms with E-state index in [4.69, 9.17) is 19.2 Å². The minimum atomic E-state index is 0.0237. The van der Waals surface area contributed by atoms with Crippen molar-refractivity contribution in [3.8, 4) is 28.5 Å². The van der Waals surface area contributed by atoms with Gasteiger partial charge in [-0.2, -0.15) is 0 Å². The molecule has 7 nitrogen and oxygen atoms in total. The summed E-state index contributed by atoms with van der Waals surface area (Å²) in [5, 5.41) is 0.830. The van der Waals surface area contributed by atoms with E-state index in [-0.39, 0.29) is 5.91 Å². The van der Waals surface area contributed by atoms with Crippen LogP contribution < -0.4 is 19.1 Å². The molecule has 7 heteroatoms. The van der Waals surface area contributed by atoms with E-state index in [2.05, 4.69) is 17.0 Å². The molecule has 1 aliphatic rings. The summed E-state index contributed by atoms with van der Waals surface area (Å²) in [6, 6.07) is 23.4. The number of fused-ring (bicyclic) bond motifs is 1. The Hall–Kier alpha value is -4.26. The number of pyridine rings is 1. The van der Waals surface area contributed by atoms with Crippen molar-refractivity contribution in [2.45, 2.75) is 6.92 Å². The van der Waals surface area contributed by atoms with Gasteiger partial charge in [0.2, 0.25) is 0 Å². The molecule has 4 aromatic rings. The fourth-order valence-corrected chi connectivity index (χ4v) is 4.68. The minimum absolute atomic E-state index is 0.0237. The average molecular weight is 498 g/mol. The molecule has 1 aromatic heterocycles. The first-order valence-corrected chi connectivity index (χ1v) is 12.5. The standard InChI is InChI=1S/C30H31N3O4/c1-4-37-29-20-28(21-6-5-7-25(18-21)36-3)31-27-13-8-22(19-26(27)29)30(34)33-16-14-32(15-17-33)23-9-11-24(35-2)12-10-23/h5-13,18-20H,4,14-17H2,1-3H3. The number of carbonyl (C=O) groups is 1. The van der Waals surface area contributed by atoms with Gasteiger partial charge in [0, 0.05) is 54.4 Å². The largest absolute Gasteiger partial charge is 0.497 e. The van der Waals surface area contributed by atoms with Crippen LogP contribution in [0.1, 0.15) is 17.3 Å². The molecular weight excluding hydrogens is 466 g/mol. The molecule has 1 aliphatic heterocycles. The third-order valence-corrected chi connectivity index (χ3v) is 6.69. The zero-order valence-electron chi connectivity index (χ0n) is 21.4. The number of methoxy groups -OCH3 is 2. The normalized spacial score (nSPS) is 13.5. The predicted octanol–water partition coefficient (Wildman–Crippen LogP) is 5.28. The quantitative estimate of drug-likeness (QED) is 0.346. The lowest BCUT2D eigenvalue weighted by Crippen LogP contribution is -2.48. The van der Waals surface area contributed by atoms with Gasteiger partial charge >= 0.3 is 0 Å². The van der Waals surface area contributed by atoms with Crippen molar-refractivity contribution in [1.29, 1.82) is 0 Å². The number of piperazine rings is 1. The highest BCUT2D eigenvalue weighted by molar-refractivity contribution is 6.00. The fraction of sp³-hybridized carbons (Fsp3) is 0.267. The van der Waals surface area contributed by atoms with Crippen LogP contribution in [-0.2, 0) is 0 Å². The molecule has 0 bridgehead atoms. The van der Waals surface area contributed by atoms with Crippen molar-refractivity contribution in [3.05, 3.63) is 78.4 Å². The molecule has 0 atom stereocenters. The van der Waals surface area contributed by atoms with Crippen molar-refractivity contribution in [1.82, 2.24) is 9.88 Å². The van der Waals surface area contributed by atoms with E-state index >= 15 is 0 Å². The van der Waals surface area contributed by atoms with Gasteiger partial charge in [0.1, 0.15) is 17.2 Å². The van der Waals surface area contributed by atoms with E-state index in [1.807, 2.05) is 72.5 Å². The second-order valence-corrected chi connectivity index (χ2v) is 8.88. The average Bonchev–Trinajstić information content (AvgIpc) is 2.97. The lowest BCUT2D eigenvalue weighted by molar-refractivity contribution is 0.0747. The van der Waals surface area contributed by atoms with E-state index < -0.39 is 0 Å². The molecule has 1 fully saturated rings. The summed E-state index contributed by atoms with van der Waals surface area (Å²) in [5.41, 5.74) is 4.30. The number of hydrogen-bond donors (Lipinski definition) is 0. The lowest BCUT2D eigenvalue weighted by Gasteiger charge is -2.36. The first-order chi connectivity index (χ1) is 18.1. The first kappa shape index (κ1) is 24.4. The van der Waals surface area contributed by atoms with Crippen LogP contribution in [0, 0.1) is 0 Å². The summed E-state index contributed by atoms with van der Waals surface area (Å²) < 4.78 is 16.6. The highest BCUT2D eigenvalue weighted by Crippen LogP contribution is 2.32. The highest BCUT2D eigenvalue weighted by atomic mass is 16.5. The van der Waals surface area contributed by atoms with Crippen molar-refractivity contribution in [3.63, 3.8) is 0 Å². The van der Waals surface area contributed by atoms with Crippen LogP contribution in [-0.4, -0.2) is 62.8 Å². The second kappa shape index (κ2) is 10.8. The monoisotopic (exact) mass is 497 g/mol. The van der Waals surface area contributed by atoms with E-state index in [1.54, 1.807) is 14.2 Å². The Morgan fingerprint density at radius 3 is 2.32 bits per heavy atom. The molecule has 0 saturated carbocycles. The van der Waals surface area contributed by atoms with Gasteiger partial charge in [0.05, 0.1) is 32.0 Å². The summed E-state index contributed by atoms with van der Waals surface area (Å²) >= 11 is 0. The highest BCUT2D eigenvalue weighted by Gasteiger charge is 2.23. The van der Waals surface area contributed by atoms with Gasteiger partial charge in [-0.15, -0.1) is 0 Å². The van der Waals surface area contributed by atoms with Crippen molar-refractivity contribution in [2.24, 2.45) is 0 Å². The number of anilines is 1. The van der Waals surface area contributed by atoms with Gasteiger partial charge in [-0.3, -0.25) is 4.79 Å². The number of benzene rings is 3. The predicted molar refractivity (Wildman–Crippen MR) is 146 cm³/mol. The van der Waals surface area contributed by atoms with Crippen molar-refractivity contribution >= 4 is 22.5 Å². The number of nitrogens with zero attached hydrogens (tertiary/aromatic N) is 3. The molecule has 37 heavy (non-hydrogen) atoms. The molecule has 190 valence electrons. The van der Waals surface area contributed by atoms with E-state index in [0.717, 1.165) is 52.4 Å². The second-order valence-electron chi connectivity index (χ2n) is 8.88. The molecule has 0 radical (unpaired) electrons. The number of aromatic nitrogens is 1. The summed E-state index contributed by atoms with van der Waals surface area (Å²) in [6.07, 6.45) is 0. The van der Waals surface area contributed by atoms with Crippen LogP contribution >= 0.6 is 0 Å². The number of rotatable bonds is 7. The van der Waals surface area contributed by atoms with Gasteiger partial charge in [-0.1, -0.05) is 12.1 Å². The number of ether oxygens (including phenoxy) is 3. The Kier molecular flexibility index (Phi) is 7.12. The topological polar surface area (TPSA) is 64.1 Å². The first-order valence-electron chi connectivity index (χ1n) is 12.5. The van der Waals surface area contributed by atoms with Crippen LogP contribution in [0.2, 0.25) is 0 Å². The summed E-state index contributed by atoms with van der Waals surface area (Å²) in [7, 11) is 3.31. The molecule has 0 aliphatic carbocycles. The van der Waals surface area contributed by atoms with Gasteiger partial charge in [-0.25, -0.2) is 4.98 Å². The van der Waals surface area contributed by atoms with Crippen LogP contribution in [0.15, 0.2) is 72.8 Å². The van der Waals surface area contributed by atoms with Gasteiger partial charge in [0.25, 0.3) is 5.91 Å². The zero-order chi connectivity index (χ0) is 25.8. The molecule has 0 unspecified atom stereocenters. The Balaban J connectivity index is 1.36. The lowest BCUT2D eigenvalue weighted by atomic mass is 10.1. The van der Waals surface area contributed by atoms with E-state index in [1.165, 1.54) is 0 Å². The molecule has 1 saturated heterocycles. The summed E-state index contributed by atoms with van der Waals surface area (Å²) in [6.45, 7) is 5.35. The molecule has 1 amide bonds. The molecule has 5 rings (SSSR count). The Morgan fingerprint density at radius 2 is 1.62 bits per heavy atom. The molecule has 3 aromatic carbocycles. The Morgan fingerprint density at radius 1 is 0.865 bits per heavy atom. The SMILES string of the molecule is CCOc1cc(-c2cccc(OC)c2)nc2ccc(C(=O)N3CCN(c4ccc(OC)cc4)CC3)cc12. The van der Waals surface area contributed by atoms with Gasteiger partial charge in [-0.05, 0) is 61.5 Å². The molecular formula is C30H31N3O4. The third kappa shape index (κ3) is 5.16.